The molecule has 0 radical (unpaired) electrons. The van der Waals surface area contributed by atoms with E-state index in [1.165, 1.54) is 77.0 Å². The summed E-state index contributed by atoms with van der Waals surface area (Å²) < 4.78 is 58.1. The van der Waals surface area contributed by atoms with Crippen molar-refractivity contribution in [2.24, 2.45) is 0 Å². The number of unbranched alkanes of at least 4 members (excludes halogenated alkanes) is 24. The van der Waals surface area contributed by atoms with Gasteiger partial charge in [-0.2, -0.15) is 50.5 Å². The highest BCUT2D eigenvalue weighted by atomic mass is 32.1. The second-order valence-electron chi connectivity index (χ2n) is 25.3. The summed E-state index contributed by atoms with van der Waals surface area (Å²) in [5.74, 6) is 5.94. The molecule has 12 heteroatoms. The molecule has 0 saturated heterocycles. The summed E-state index contributed by atoms with van der Waals surface area (Å²) in [5, 5.41) is 0. The van der Waals surface area contributed by atoms with Crippen LogP contribution in [-0.4, -0.2) is 27.2 Å². The lowest BCUT2D eigenvalue weighted by Crippen LogP contribution is -2.42. The van der Waals surface area contributed by atoms with E-state index >= 15 is 0 Å². The van der Waals surface area contributed by atoms with Crippen molar-refractivity contribution in [2.45, 2.75) is 252 Å². The second-order valence-corrected chi connectivity index (χ2v) is 26.6. The number of allylic oxidation sites excluding steroid dienone is 4. The highest BCUT2D eigenvalue weighted by Crippen LogP contribution is 2.59. The molecule has 0 aromatic heterocycles. The Morgan fingerprint density at radius 2 is 0.693 bits per heavy atom. The molecular formula is C76H104O8S4. The van der Waals surface area contributed by atoms with E-state index in [9.17, 15) is 0 Å². The Bertz CT molecular complexity index is 2940. The first kappa shape index (κ1) is 68.3. The lowest BCUT2D eigenvalue weighted by Gasteiger charge is -2.46. The van der Waals surface area contributed by atoms with Gasteiger partial charge in [-0.1, -0.05) is 140 Å². The van der Waals surface area contributed by atoms with E-state index in [0.29, 0.717) is 35.2 Å². The maximum absolute atomic E-state index is 7.91. The molecular weight excluding hydrogens is 1170 g/mol. The van der Waals surface area contributed by atoms with Gasteiger partial charge in [0.1, 0.15) is 52.5 Å². The summed E-state index contributed by atoms with van der Waals surface area (Å²) in [6, 6.07) is 14.4. The summed E-state index contributed by atoms with van der Waals surface area (Å²) in [6.45, 7) is 15.9. The molecule has 0 saturated carbocycles. The van der Waals surface area contributed by atoms with Crippen LogP contribution in [0.15, 0.2) is 87.0 Å². The molecule has 4 atom stereocenters. The van der Waals surface area contributed by atoms with Crippen LogP contribution in [0.3, 0.4) is 0 Å². The molecule has 5 aliphatic heterocycles. The van der Waals surface area contributed by atoms with Crippen LogP contribution in [0.1, 0.15) is 284 Å². The molecule has 4 aromatic carbocycles. The summed E-state index contributed by atoms with van der Waals surface area (Å²) in [4.78, 5) is 0. The molecule has 88 heavy (non-hydrogen) atoms. The van der Waals surface area contributed by atoms with E-state index in [-0.39, 0.29) is 39.0 Å². The predicted octanol–water partition coefficient (Wildman–Crippen LogP) is 21.9. The topological polar surface area (TPSA) is 73.8 Å². The fourth-order valence-corrected chi connectivity index (χ4v) is 16.0. The van der Waals surface area contributed by atoms with Gasteiger partial charge >= 0.3 is 0 Å². The number of hydrogen-bond donors (Lipinski definition) is 4. The van der Waals surface area contributed by atoms with Crippen LogP contribution >= 0.6 is 50.5 Å². The molecule has 8 nitrogen and oxygen atoms in total. The molecule has 6 aliphatic rings. The number of benzene rings is 4. The quantitative estimate of drug-likeness (QED) is 0.0199. The van der Waals surface area contributed by atoms with Gasteiger partial charge in [0.05, 0.1) is 0 Å². The van der Waals surface area contributed by atoms with E-state index in [4.69, 9.17) is 88.4 Å². The largest absolute Gasteiger partial charge is 0.457 e. The van der Waals surface area contributed by atoms with Crippen molar-refractivity contribution in [3.05, 3.63) is 154 Å². The minimum Gasteiger partial charge on any atom is -0.457 e. The van der Waals surface area contributed by atoms with Gasteiger partial charge in [-0.25, -0.2) is 0 Å². The third-order valence-corrected chi connectivity index (χ3v) is 20.9. The first-order valence-electron chi connectivity index (χ1n) is 34.0. The van der Waals surface area contributed by atoms with Crippen LogP contribution in [0.4, 0.5) is 0 Å². The smallest absolute Gasteiger partial charge is 0.230 e. The van der Waals surface area contributed by atoms with Gasteiger partial charge in [-0.05, 0) is 137 Å². The van der Waals surface area contributed by atoms with Gasteiger partial charge in [0.2, 0.25) is 20.4 Å². The Balaban J connectivity index is 1.33. The Labute approximate surface area is 551 Å². The standard InChI is InChI=1S/C76H104O8S4/c1-5-9-13-17-21-25-29-33-37-59-61-43-57-41-55(47-85)69(61)77-51-79-71-62(59)45-63-60(38-34-30-26-22-18-14-10-6-2)64-46-68-74(66(50-88)73(64)81-53-80-72(63)65(71)49-87)82-52-78-70-56(48-86)42-58-44-67(70)76(68,40-36-32-28-24-20-16-12-8-4)84-54-83-75(57,58)39-35-31-27-23-19-15-11-7-3/h5-8,41-46,59-60,85-88H,1-4,9-40,47-54H2. The molecule has 4 aromatic rings. The van der Waals surface area contributed by atoms with Crippen molar-refractivity contribution in [1.82, 2.24) is 0 Å². The average molecular weight is 1270 g/mol. The Kier molecular flexibility index (Phi) is 27.3. The Hall–Kier alpha value is -4.04. The zero-order valence-electron chi connectivity index (χ0n) is 53.1. The molecule has 0 amide bonds. The fourth-order valence-electron chi connectivity index (χ4n) is 14.9. The average Bonchev–Trinajstić information content (AvgIpc) is 0.736. The number of thiol groups is 4. The zero-order chi connectivity index (χ0) is 61.6. The summed E-state index contributed by atoms with van der Waals surface area (Å²) in [7, 11) is 0. The van der Waals surface area contributed by atoms with Crippen LogP contribution in [0, 0.1) is 0 Å². The van der Waals surface area contributed by atoms with Gasteiger partial charge in [-0.3, -0.25) is 0 Å². The van der Waals surface area contributed by atoms with E-state index in [1.54, 1.807) is 0 Å². The highest BCUT2D eigenvalue weighted by Gasteiger charge is 2.50. The van der Waals surface area contributed by atoms with E-state index < -0.39 is 11.2 Å². The summed E-state index contributed by atoms with van der Waals surface area (Å²) >= 11 is 20.8. The summed E-state index contributed by atoms with van der Waals surface area (Å²) in [5.41, 5.74) is 10.3. The molecule has 10 bridgehead atoms. The molecule has 10 rings (SSSR count). The SMILES string of the molecule is C=CCCCCCCCCC1c2cc3cc(CS)c2OCOc2c1cc1c(c2CS)OCOc2c(cc4c(c2CS)OCOc2c(CS)cc5cc2C4(CCCCCCCCC=C)OCOC35CCCCCCCCC=C)C1CCCCCCCCC=C. The highest BCUT2D eigenvalue weighted by molar-refractivity contribution is 7.79. The normalized spacial score (nSPS) is 19.3. The Morgan fingerprint density at radius 3 is 1.17 bits per heavy atom. The van der Waals surface area contributed by atoms with Crippen molar-refractivity contribution in [2.75, 3.05) is 27.2 Å². The summed E-state index contributed by atoms with van der Waals surface area (Å²) in [6.07, 6.45) is 42.6. The molecule has 1 aliphatic carbocycles. The van der Waals surface area contributed by atoms with Crippen molar-refractivity contribution < 1.29 is 37.9 Å². The minimum absolute atomic E-state index is 0.0138. The van der Waals surface area contributed by atoms with Gasteiger partial charge in [0, 0.05) is 90.5 Å². The maximum atomic E-state index is 7.91. The van der Waals surface area contributed by atoms with E-state index in [2.05, 4.69) is 62.7 Å². The number of rotatable bonds is 40. The molecule has 4 unspecified atom stereocenters. The van der Waals surface area contributed by atoms with Crippen molar-refractivity contribution in [1.29, 1.82) is 0 Å². The van der Waals surface area contributed by atoms with E-state index in [1.807, 2.05) is 24.3 Å². The first-order chi connectivity index (χ1) is 43.4. The number of fused-ring (bicyclic) bond motifs is 2. The fraction of sp³-hybridized carbons (Fsp3) is 0.579. The van der Waals surface area contributed by atoms with Gasteiger partial charge in [-0.15, -0.1) is 26.3 Å². The monoisotopic (exact) mass is 1270 g/mol. The predicted molar refractivity (Wildman–Crippen MR) is 376 cm³/mol. The minimum atomic E-state index is -1.09. The zero-order valence-corrected chi connectivity index (χ0v) is 56.7. The Morgan fingerprint density at radius 1 is 0.341 bits per heavy atom. The third-order valence-electron chi connectivity index (χ3n) is 19.6. The van der Waals surface area contributed by atoms with Crippen LogP contribution in [0.2, 0.25) is 0 Å². The van der Waals surface area contributed by atoms with Crippen LogP contribution in [0.25, 0.3) is 0 Å². The lowest BCUT2D eigenvalue weighted by atomic mass is 9.72. The second kappa shape index (κ2) is 35.1. The van der Waals surface area contributed by atoms with Gasteiger partial charge in [0.25, 0.3) is 0 Å². The molecule has 480 valence electrons. The molecule has 0 fully saturated rings. The maximum Gasteiger partial charge on any atom is 0.230 e. The van der Waals surface area contributed by atoms with Crippen LogP contribution < -0.4 is 28.4 Å². The first-order valence-corrected chi connectivity index (χ1v) is 36.6. The van der Waals surface area contributed by atoms with Crippen molar-refractivity contribution >= 4 is 50.5 Å². The van der Waals surface area contributed by atoms with Gasteiger partial charge < -0.3 is 37.9 Å². The van der Waals surface area contributed by atoms with Crippen molar-refractivity contribution in [3.63, 3.8) is 0 Å². The molecule has 5 heterocycles. The van der Waals surface area contributed by atoms with Gasteiger partial charge in [0.15, 0.2) is 0 Å². The number of ether oxygens (including phenoxy) is 8. The molecule has 0 spiro atoms. The van der Waals surface area contributed by atoms with Crippen molar-refractivity contribution in [3.8, 4) is 34.5 Å². The lowest BCUT2D eigenvalue weighted by molar-refractivity contribution is -0.187. The third kappa shape index (κ3) is 15.9. The number of hydrogen-bond acceptors (Lipinski definition) is 12. The molecule has 0 N–H and O–H groups in total. The van der Waals surface area contributed by atoms with Crippen LogP contribution in [0.5, 0.6) is 34.5 Å². The van der Waals surface area contributed by atoms with E-state index in [0.717, 1.165) is 218 Å². The van der Waals surface area contributed by atoms with Crippen LogP contribution in [-0.2, 0) is 43.7 Å².